The van der Waals surface area contributed by atoms with Crippen LogP contribution in [0.4, 0.5) is 11.4 Å². The first-order chi connectivity index (χ1) is 12.5. The standard InChI is InChI=1S/C19H19ClN2O3S/c20-17-11-14(7-8-18(17)22-9-4-10-26(22,24)25)21-19(23)16-12-15(16)13-5-2-1-3-6-13/h1-3,5-8,11,15-16H,4,9-10,12H2,(H,21,23). The van der Waals surface area contributed by atoms with Crippen LogP contribution >= 0.6 is 11.6 Å². The molecular formula is C19H19ClN2O3S. The second-order valence-electron chi connectivity index (χ2n) is 6.76. The van der Waals surface area contributed by atoms with Gasteiger partial charge in [0, 0.05) is 18.2 Å². The molecule has 2 aromatic carbocycles. The first-order valence-corrected chi connectivity index (χ1v) is 10.6. The quantitative estimate of drug-likeness (QED) is 0.866. The van der Waals surface area contributed by atoms with Gasteiger partial charge in [0.25, 0.3) is 0 Å². The third-order valence-corrected chi connectivity index (χ3v) is 7.10. The van der Waals surface area contributed by atoms with E-state index >= 15 is 0 Å². The van der Waals surface area contributed by atoms with Gasteiger partial charge in [-0.3, -0.25) is 9.10 Å². The molecule has 0 bridgehead atoms. The Kier molecular flexibility index (Phi) is 4.40. The van der Waals surface area contributed by atoms with Crippen LogP contribution in [0.3, 0.4) is 0 Å². The number of rotatable bonds is 4. The highest BCUT2D eigenvalue weighted by atomic mass is 35.5. The summed E-state index contributed by atoms with van der Waals surface area (Å²) in [4.78, 5) is 12.5. The molecule has 0 radical (unpaired) electrons. The number of amides is 1. The van der Waals surface area contributed by atoms with Gasteiger partial charge in [-0.15, -0.1) is 0 Å². The molecule has 1 aliphatic carbocycles. The summed E-state index contributed by atoms with van der Waals surface area (Å²) in [5, 5.41) is 3.21. The Morgan fingerprint density at radius 1 is 1.15 bits per heavy atom. The zero-order valence-electron chi connectivity index (χ0n) is 14.1. The SMILES string of the molecule is O=C(Nc1ccc(N2CCCS2(=O)=O)c(Cl)c1)C1CC1c1ccccc1. The van der Waals surface area contributed by atoms with Crippen molar-refractivity contribution in [2.45, 2.75) is 18.8 Å². The summed E-state index contributed by atoms with van der Waals surface area (Å²) < 4.78 is 25.4. The molecule has 26 heavy (non-hydrogen) atoms. The van der Waals surface area contributed by atoms with Gasteiger partial charge in [-0.1, -0.05) is 41.9 Å². The zero-order valence-corrected chi connectivity index (χ0v) is 15.6. The van der Waals surface area contributed by atoms with Crippen LogP contribution in [0.25, 0.3) is 0 Å². The van der Waals surface area contributed by atoms with Crippen molar-refractivity contribution in [2.75, 3.05) is 21.9 Å². The maximum atomic E-state index is 12.5. The summed E-state index contributed by atoms with van der Waals surface area (Å²) >= 11 is 6.28. The van der Waals surface area contributed by atoms with E-state index in [1.165, 1.54) is 9.87 Å². The molecule has 1 amide bonds. The number of anilines is 2. The average Bonchev–Trinajstić information content (AvgIpc) is 3.34. The number of hydrogen-bond acceptors (Lipinski definition) is 3. The summed E-state index contributed by atoms with van der Waals surface area (Å²) in [6.45, 7) is 0.439. The van der Waals surface area contributed by atoms with E-state index < -0.39 is 10.0 Å². The molecule has 2 fully saturated rings. The van der Waals surface area contributed by atoms with Crippen LogP contribution in [0.1, 0.15) is 24.3 Å². The van der Waals surface area contributed by atoms with Crippen LogP contribution < -0.4 is 9.62 Å². The lowest BCUT2D eigenvalue weighted by Gasteiger charge is -2.19. The third-order valence-electron chi connectivity index (χ3n) is 4.94. The number of benzene rings is 2. The van der Waals surface area contributed by atoms with Crippen molar-refractivity contribution in [3.8, 4) is 0 Å². The van der Waals surface area contributed by atoms with E-state index in [9.17, 15) is 13.2 Å². The molecule has 7 heteroatoms. The lowest BCUT2D eigenvalue weighted by atomic mass is 10.1. The maximum absolute atomic E-state index is 12.5. The highest BCUT2D eigenvalue weighted by molar-refractivity contribution is 7.93. The summed E-state index contributed by atoms with van der Waals surface area (Å²) in [6, 6.07) is 15.0. The molecule has 2 aromatic rings. The Labute approximate surface area is 158 Å². The van der Waals surface area contributed by atoms with Crippen LogP contribution in [-0.4, -0.2) is 26.6 Å². The van der Waals surface area contributed by atoms with Crippen molar-refractivity contribution in [1.29, 1.82) is 0 Å². The lowest BCUT2D eigenvalue weighted by Crippen LogP contribution is -2.25. The molecule has 2 atom stereocenters. The Morgan fingerprint density at radius 2 is 1.92 bits per heavy atom. The Bertz CT molecular complexity index is 947. The highest BCUT2D eigenvalue weighted by Gasteiger charge is 2.43. The smallest absolute Gasteiger partial charge is 0.235 e. The molecule has 1 aliphatic heterocycles. The van der Waals surface area contributed by atoms with Gasteiger partial charge in [0.15, 0.2) is 0 Å². The predicted octanol–water partition coefficient (Wildman–Crippen LogP) is 3.62. The largest absolute Gasteiger partial charge is 0.326 e. The molecule has 1 saturated carbocycles. The van der Waals surface area contributed by atoms with Crippen molar-refractivity contribution < 1.29 is 13.2 Å². The Morgan fingerprint density at radius 3 is 2.58 bits per heavy atom. The van der Waals surface area contributed by atoms with E-state index in [-0.39, 0.29) is 23.5 Å². The van der Waals surface area contributed by atoms with Crippen molar-refractivity contribution in [3.63, 3.8) is 0 Å². The fraction of sp³-hybridized carbons (Fsp3) is 0.316. The van der Waals surface area contributed by atoms with Gasteiger partial charge >= 0.3 is 0 Å². The monoisotopic (exact) mass is 390 g/mol. The van der Waals surface area contributed by atoms with E-state index in [0.717, 1.165) is 6.42 Å². The van der Waals surface area contributed by atoms with Gasteiger partial charge in [-0.25, -0.2) is 8.42 Å². The molecular weight excluding hydrogens is 372 g/mol. The van der Waals surface area contributed by atoms with Crippen molar-refractivity contribution in [2.24, 2.45) is 5.92 Å². The fourth-order valence-corrected chi connectivity index (χ4v) is 5.40. The summed E-state index contributed by atoms with van der Waals surface area (Å²) in [7, 11) is -3.28. The lowest BCUT2D eigenvalue weighted by molar-refractivity contribution is -0.117. The van der Waals surface area contributed by atoms with E-state index in [0.29, 0.717) is 29.4 Å². The molecule has 136 valence electrons. The zero-order chi connectivity index (χ0) is 18.3. The molecule has 5 nitrogen and oxygen atoms in total. The van der Waals surface area contributed by atoms with Gasteiger partial charge in [-0.2, -0.15) is 0 Å². The summed E-state index contributed by atoms with van der Waals surface area (Å²) in [5.74, 6) is 0.344. The summed E-state index contributed by atoms with van der Waals surface area (Å²) in [5.41, 5.74) is 2.23. The van der Waals surface area contributed by atoms with Gasteiger partial charge in [0.1, 0.15) is 0 Å². The van der Waals surface area contributed by atoms with Gasteiger partial charge in [0.2, 0.25) is 15.9 Å². The fourth-order valence-electron chi connectivity index (χ4n) is 3.49. The normalized spacial score (nSPS) is 23.7. The number of carbonyl (C=O) groups is 1. The molecule has 2 aliphatic rings. The first-order valence-electron chi connectivity index (χ1n) is 8.61. The number of hydrogen-bond donors (Lipinski definition) is 1. The van der Waals surface area contributed by atoms with E-state index in [2.05, 4.69) is 5.32 Å². The molecule has 2 unspecified atom stereocenters. The van der Waals surface area contributed by atoms with Crippen molar-refractivity contribution >= 4 is 38.9 Å². The molecule has 0 spiro atoms. The molecule has 1 N–H and O–H groups in total. The second kappa shape index (κ2) is 6.59. The minimum absolute atomic E-state index is 0.0311. The van der Waals surface area contributed by atoms with Crippen LogP contribution in [0.15, 0.2) is 48.5 Å². The van der Waals surface area contributed by atoms with Crippen molar-refractivity contribution in [1.82, 2.24) is 0 Å². The number of sulfonamides is 1. The van der Waals surface area contributed by atoms with Crippen LogP contribution in [-0.2, 0) is 14.8 Å². The highest BCUT2D eigenvalue weighted by Crippen LogP contribution is 2.48. The number of halogens is 1. The van der Waals surface area contributed by atoms with Crippen LogP contribution in [0.5, 0.6) is 0 Å². The van der Waals surface area contributed by atoms with Crippen molar-refractivity contribution in [3.05, 3.63) is 59.1 Å². The molecule has 0 aromatic heterocycles. The second-order valence-corrected chi connectivity index (χ2v) is 9.18. The van der Waals surface area contributed by atoms with E-state index in [4.69, 9.17) is 11.6 Å². The van der Waals surface area contributed by atoms with Gasteiger partial charge in [0.05, 0.1) is 16.5 Å². The van der Waals surface area contributed by atoms with Crippen LogP contribution in [0, 0.1) is 5.92 Å². The number of nitrogens with zero attached hydrogens (tertiary/aromatic N) is 1. The molecule has 1 heterocycles. The Balaban J connectivity index is 1.45. The number of nitrogens with one attached hydrogen (secondary N) is 1. The third kappa shape index (κ3) is 3.31. The van der Waals surface area contributed by atoms with Crippen LogP contribution in [0.2, 0.25) is 5.02 Å². The Hall–Kier alpha value is -2.05. The van der Waals surface area contributed by atoms with Gasteiger partial charge in [-0.05, 0) is 42.5 Å². The predicted molar refractivity (Wildman–Crippen MR) is 103 cm³/mol. The van der Waals surface area contributed by atoms with Gasteiger partial charge < -0.3 is 5.32 Å². The minimum Gasteiger partial charge on any atom is -0.326 e. The first kappa shape index (κ1) is 17.4. The minimum atomic E-state index is -3.28. The maximum Gasteiger partial charge on any atom is 0.235 e. The molecule has 1 saturated heterocycles. The average molecular weight is 391 g/mol. The van der Waals surface area contributed by atoms with E-state index in [1.807, 2.05) is 30.3 Å². The molecule has 4 rings (SSSR count). The topological polar surface area (TPSA) is 66.5 Å². The number of carbonyl (C=O) groups excluding carboxylic acids is 1. The van der Waals surface area contributed by atoms with E-state index in [1.54, 1.807) is 18.2 Å². The summed E-state index contributed by atoms with van der Waals surface area (Å²) in [6.07, 6.45) is 1.44.